The van der Waals surface area contributed by atoms with Crippen LogP contribution in [0.25, 0.3) is 21.8 Å². The van der Waals surface area contributed by atoms with Gasteiger partial charge in [0.25, 0.3) is 0 Å². The molecule has 2 heteroatoms. The highest BCUT2D eigenvalue weighted by atomic mass is 16.1. The van der Waals surface area contributed by atoms with E-state index in [0.717, 1.165) is 6.42 Å². The Labute approximate surface area is 118 Å². The molecule has 0 N–H and O–H groups in total. The first-order valence-corrected chi connectivity index (χ1v) is 6.96. The zero-order valence-corrected chi connectivity index (χ0v) is 11.9. The summed E-state index contributed by atoms with van der Waals surface area (Å²) in [6, 6.07) is 16.8. The first kappa shape index (κ1) is 12.8. The summed E-state index contributed by atoms with van der Waals surface area (Å²) < 4.78 is 2.22. The fourth-order valence-electron chi connectivity index (χ4n) is 2.89. The number of rotatable bonds is 3. The average Bonchev–Trinajstić information content (AvgIpc) is 2.47. The number of para-hydroxylation sites is 2. The van der Waals surface area contributed by atoms with Crippen molar-refractivity contribution in [2.24, 2.45) is 7.05 Å². The van der Waals surface area contributed by atoms with E-state index in [1.54, 1.807) is 6.92 Å². The van der Waals surface area contributed by atoms with E-state index in [1.807, 2.05) is 0 Å². The maximum atomic E-state index is 11.4. The number of ketones is 1. The van der Waals surface area contributed by atoms with Gasteiger partial charge in [-0.15, -0.1) is 0 Å². The van der Waals surface area contributed by atoms with Gasteiger partial charge in [-0.25, -0.2) is 0 Å². The highest BCUT2D eigenvalue weighted by Gasteiger charge is 2.16. The lowest BCUT2D eigenvalue weighted by molar-refractivity contribution is -0.617. The molecule has 2 aromatic carbocycles. The van der Waals surface area contributed by atoms with Crippen LogP contribution < -0.4 is 4.57 Å². The van der Waals surface area contributed by atoms with Crippen LogP contribution in [-0.4, -0.2) is 5.78 Å². The molecule has 3 aromatic rings. The Morgan fingerprint density at radius 3 is 1.95 bits per heavy atom. The van der Waals surface area contributed by atoms with E-state index in [9.17, 15) is 4.79 Å². The van der Waals surface area contributed by atoms with Crippen molar-refractivity contribution in [3.63, 3.8) is 0 Å². The monoisotopic (exact) mass is 264 g/mol. The summed E-state index contributed by atoms with van der Waals surface area (Å²) in [6.45, 7) is 1.66. The van der Waals surface area contributed by atoms with Gasteiger partial charge in [-0.1, -0.05) is 24.3 Å². The van der Waals surface area contributed by atoms with Gasteiger partial charge in [0, 0.05) is 18.6 Å². The van der Waals surface area contributed by atoms with Gasteiger partial charge in [-0.3, -0.25) is 0 Å². The highest BCUT2D eigenvalue weighted by Crippen LogP contribution is 2.25. The zero-order chi connectivity index (χ0) is 14.1. The summed E-state index contributed by atoms with van der Waals surface area (Å²) in [6.07, 6.45) is 1.40. The van der Waals surface area contributed by atoms with Crippen LogP contribution in [0.2, 0.25) is 0 Å². The minimum atomic E-state index is 0.242. The minimum Gasteiger partial charge on any atom is -0.300 e. The van der Waals surface area contributed by atoms with Crippen LogP contribution in [0.15, 0.2) is 48.5 Å². The van der Waals surface area contributed by atoms with E-state index in [0.29, 0.717) is 6.42 Å². The van der Waals surface area contributed by atoms with E-state index in [4.69, 9.17) is 0 Å². The first-order chi connectivity index (χ1) is 9.68. The van der Waals surface area contributed by atoms with Crippen molar-refractivity contribution in [1.29, 1.82) is 0 Å². The molecule has 0 fully saturated rings. The van der Waals surface area contributed by atoms with E-state index in [2.05, 4.69) is 60.1 Å². The third-order valence-electron chi connectivity index (χ3n) is 3.91. The van der Waals surface area contributed by atoms with E-state index in [1.165, 1.54) is 27.4 Å². The Bertz CT molecular complexity index is 748. The van der Waals surface area contributed by atoms with Gasteiger partial charge >= 0.3 is 0 Å². The van der Waals surface area contributed by atoms with Gasteiger partial charge in [0.15, 0.2) is 0 Å². The second-order valence-corrected chi connectivity index (χ2v) is 5.27. The number of aromatic nitrogens is 1. The molecule has 1 heterocycles. The molecular weight excluding hydrogens is 246 g/mol. The standard InChI is InChI=1S/C18H18NO/c1-13(20)11-12-14-15-7-3-5-9-17(15)19(2)18-10-6-4-8-16(14)18/h3-10H,11-12H2,1-2H3/q+1. The normalized spacial score (nSPS) is 11.1. The van der Waals surface area contributed by atoms with Crippen molar-refractivity contribution in [1.82, 2.24) is 0 Å². The second-order valence-electron chi connectivity index (χ2n) is 5.27. The van der Waals surface area contributed by atoms with Crippen LogP contribution in [0.1, 0.15) is 18.9 Å². The lowest BCUT2D eigenvalue weighted by Crippen LogP contribution is -2.30. The molecule has 0 aliphatic heterocycles. The summed E-state index contributed by atoms with van der Waals surface area (Å²) in [4.78, 5) is 11.4. The van der Waals surface area contributed by atoms with Crippen molar-refractivity contribution in [2.45, 2.75) is 19.8 Å². The molecule has 0 saturated heterocycles. The summed E-state index contributed by atoms with van der Waals surface area (Å²) in [5.74, 6) is 0.242. The van der Waals surface area contributed by atoms with Crippen molar-refractivity contribution in [3.8, 4) is 0 Å². The Morgan fingerprint density at radius 2 is 1.45 bits per heavy atom. The summed E-state index contributed by atoms with van der Waals surface area (Å²) >= 11 is 0. The molecule has 3 rings (SSSR count). The molecule has 0 radical (unpaired) electrons. The zero-order valence-electron chi connectivity index (χ0n) is 11.9. The molecule has 0 saturated carbocycles. The van der Waals surface area contributed by atoms with Crippen molar-refractivity contribution in [3.05, 3.63) is 54.1 Å². The van der Waals surface area contributed by atoms with Crippen LogP contribution in [-0.2, 0) is 18.3 Å². The molecule has 0 atom stereocenters. The molecule has 0 amide bonds. The lowest BCUT2D eigenvalue weighted by Gasteiger charge is -2.09. The Hall–Kier alpha value is -2.22. The molecule has 0 unspecified atom stereocenters. The number of carbonyl (C=O) groups is 1. The molecule has 100 valence electrons. The Kier molecular flexibility index (Phi) is 3.23. The Morgan fingerprint density at radius 1 is 0.950 bits per heavy atom. The third-order valence-corrected chi connectivity index (χ3v) is 3.91. The topological polar surface area (TPSA) is 20.9 Å². The fraction of sp³-hybridized carbons (Fsp3) is 0.222. The number of carbonyl (C=O) groups excluding carboxylic acids is 1. The third kappa shape index (κ3) is 2.07. The van der Waals surface area contributed by atoms with Gasteiger partial charge in [-0.05, 0) is 31.0 Å². The van der Waals surface area contributed by atoms with E-state index < -0.39 is 0 Å². The fourth-order valence-corrected chi connectivity index (χ4v) is 2.89. The summed E-state index contributed by atoms with van der Waals surface area (Å²) in [5.41, 5.74) is 3.71. The van der Waals surface area contributed by atoms with Crippen LogP contribution in [0.5, 0.6) is 0 Å². The number of benzene rings is 2. The van der Waals surface area contributed by atoms with E-state index in [-0.39, 0.29) is 5.78 Å². The molecular formula is C18H18NO+. The molecule has 20 heavy (non-hydrogen) atoms. The van der Waals surface area contributed by atoms with Gasteiger partial charge in [0.1, 0.15) is 12.8 Å². The van der Waals surface area contributed by atoms with Gasteiger partial charge in [-0.2, -0.15) is 4.57 Å². The van der Waals surface area contributed by atoms with Gasteiger partial charge in [0.05, 0.1) is 10.8 Å². The summed E-state index contributed by atoms with van der Waals surface area (Å²) in [7, 11) is 2.10. The maximum Gasteiger partial charge on any atom is 0.213 e. The SMILES string of the molecule is CC(=O)CCc1c2ccccc2[n+](C)c2ccccc12. The molecule has 0 spiro atoms. The number of aryl methyl sites for hydroxylation is 2. The number of nitrogens with zero attached hydrogens (tertiary/aromatic N) is 1. The number of fused-ring (bicyclic) bond motifs is 2. The van der Waals surface area contributed by atoms with Crippen LogP contribution in [0.3, 0.4) is 0 Å². The smallest absolute Gasteiger partial charge is 0.213 e. The number of hydrogen-bond acceptors (Lipinski definition) is 1. The van der Waals surface area contributed by atoms with Gasteiger partial charge in [0.2, 0.25) is 11.0 Å². The quantitative estimate of drug-likeness (QED) is 0.525. The second kappa shape index (κ2) is 5.04. The van der Waals surface area contributed by atoms with Crippen LogP contribution in [0, 0.1) is 0 Å². The Balaban J connectivity index is 2.37. The molecule has 0 bridgehead atoms. The van der Waals surface area contributed by atoms with Crippen molar-refractivity contribution >= 4 is 27.6 Å². The largest absolute Gasteiger partial charge is 0.300 e. The summed E-state index contributed by atoms with van der Waals surface area (Å²) in [5, 5.41) is 2.49. The number of pyridine rings is 1. The molecule has 2 nitrogen and oxygen atoms in total. The van der Waals surface area contributed by atoms with Gasteiger partial charge < -0.3 is 4.79 Å². The molecule has 0 aliphatic carbocycles. The average molecular weight is 264 g/mol. The van der Waals surface area contributed by atoms with Crippen LogP contribution in [0.4, 0.5) is 0 Å². The van der Waals surface area contributed by atoms with E-state index >= 15 is 0 Å². The van der Waals surface area contributed by atoms with Crippen molar-refractivity contribution < 1.29 is 9.36 Å². The molecule has 1 aromatic heterocycles. The number of Topliss-reactive ketones (excluding diaryl/α,β-unsaturated/α-hetero) is 1. The minimum absolute atomic E-state index is 0.242. The number of hydrogen-bond donors (Lipinski definition) is 0. The molecule has 0 aliphatic rings. The highest BCUT2D eigenvalue weighted by molar-refractivity contribution is 5.94. The van der Waals surface area contributed by atoms with Crippen LogP contribution >= 0.6 is 0 Å². The van der Waals surface area contributed by atoms with Crippen molar-refractivity contribution in [2.75, 3.05) is 0 Å². The predicted molar refractivity (Wildman–Crippen MR) is 81.6 cm³/mol. The lowest BCUT2D eigenvalue weighted by atomic mass is 9.97. The first-order valence-electron chi connectivity index (χ1n) is 6.96. The predicted octanol–water partition coefficient (Wildman–Crippen LogP) is 3.34. The maximum absolute atomic E-state index is 11.4.